The highest BCUT2D eigenvalue weighted by atomic mass is 15.3. The summed E-state index contributed by atoms with van der Waals surface area (Å²) in [5, 5.41) is 4.22. The lowest BCUT2D eigenvalue weighted by molar-refractivity contribution is 0.602. The van der Waals surface area contributed by atoms with E-state index in [0.717, 1.165) is 31.7 Å². The van der Waals surface area contributed by atoms with E-state index < -0.39 is 0 Å². The summed E-state index contributed by atoms with van der Waals surface area (Å²) in [4.78, 5) is 2.38. The first-order valence-electron chi connectivity index (χ1n) is 5.94. The molecule has 4 heteroatoms. The molecule has 0 saturated heterocycles. The number of nitrogen functional groups attached to an aromatic ring is 1. The van der Waals surface area contributed by atoms with E-state index in [1.54, 1.807) is 0 Å². The first kappa shape index (κ1) is 10.2. The topological polar surface area (TPSA) is 47.1 Å². The standard InChI is InChI=1S/C13H16N4/c14-12-3-1-4-13-11(12)5-8-16(13)9-10-17-7-2-6-15-17/h1-4,6-7H,5,8-10,14H2. The molecule has 0 radical (unpaired) electrons. The first-order chi connectivity index (χ1) is 8.34. The summed E-state index contributed by atoms with van der Waals surface area (Å²) in [5.41, 5.74) is 9.49. The van der Waals surface area contributed by atoms with Crippen LogP contribution in [0.3, 0.4) is 0 Å². The largest absolute Gasteiger partial charge is 0.398 e. The molecule has 3 rings (SSSR count). The van der Waals surface area contributed by atoms with Crippen LogP contribution >= 0.6 is 0 Å². The minimum Gasteiger partial charge on any atom is -0.398 e. The number of hydrogen-bond acceptors (Lipinski definition) is 3. The van der Waals surface area contributed by atoms with E-state index in [-0.39, 0.29) is 0 Å². The maximum atomic E-state index is 5.98. The van der Waals surface area contributed by atoms with Crippen LogP contribution in [0.25, 0.3) is 0 Å². The molecule has 17 heavy (non-hydrogen) atoms. The molecule has 0 spiro atoms. The Morgan fingerprint density at radius 2 is 2.18 bits per heavy atom. The monoisotopic (exact) mass is 228 g/mol. The minimum atomic E-state index is 0.918. The van der Waals surface area contributed by atoms with Crippen molar-refractivity contribution in [2.45, 2.75) is 13.0 Å². The molecule has 1 aliphatic rings. The molecular formula is C13H16N4. The van der Waals surface area contributed by atoms with Gasteiger partial charge >= 0.3 is 0 Å². The number of aromatic nitrogens is 2. The Morgan fingerprint density at radius 1 is 1.24 bits per heavy atom. The molecule has 1 aromatic carbocycles. The fourth-order valence-corrected chi connectivity index (χ4v) is 2.42. The van der Waals surface area contributed by atoms with Crippen LogP contribution < -0.4 is 10.6 Å². The maximum absolute atomic E-state index is 5.98. The third-order valence-electron chi connectivity index (χ3n) is 3.32. The van der Waals surface area contributed by atoms with Crippen LogP contribution in [-0.4, -0.2) is 22.9 Å². The molecule has 2 aromatic rings. The summed E-state index contributed by atoms with van der Waals surface area (Å²) in [6.45, 7) is 2.96. The van der Waals surface area contributed by atoms with E-state index in [1.165, 1.54) is 11.3 Å². The van der Waals surface area contributed by atoms with Gasteiger partial charge < -0.3 is 10.6 Å². The molecule has 0 aliphatic carbocycles. The fraction of sp³-hybridized carbons (Fsp3) is 0.308. The normalized spacial score (nSPS) is 14.0. The highest BCUT2D eigenvalue weighted by Gasteiger charge is 2.20. The van der Waals surface area contributed by atoms with Gasteiger partial charge in [0.1, 0.15) is 0 Å². The van der Waals surface area contributed by atoms with Crippen LogP contribution in [0.15, 0.2) is 36.7 Å². The van der Waals surface area contributed by atoms with Crippen molar-refractivity contribution in [3.63, 3.8) is 0 Å². The third-order valence-corrected chi connectivity index (χ3v) is 3.32. The molecule has 2 heterocycles. The second kappa shape index (κ2) is 4.13. The number of nitrogens with two attached hydrogens (primary N) is 1. The number of fused-ring (bicyclic) bond motifs is 1. The summed E-state index contributed by atoms with van der Waals surface area (Å²) in [5.74, 6) is 0. The highest BCUT2D eigenvalue weighted by Crippen LogP contribution is 2.31. The van der Waals surface area contributed by atoms with E-state index in [4.69, 9.17) is 5.73 Å². The zero-order valence-electron chi connectivity index (χ0n) is 9.71. The van der Waals surface area contributed by atoms with Gasteiger partial charge in [-0.15, -0.1) is 0 Å². The fourth-order valence-electron chi connectivity index (χ4n) is 2.42. The van der Waals surface area contributed by atoms with Gasteiger partial charge in [0, 0.05) is 42.4 Å². The summed E-state index contributed by atoms with van der Waals surface area (Å²) in [6.07, 6.45) is 4.87. The lowest BCUT2D eigenvalue weighted by Crippen LogP contribution is -2.25. The van der Waals surface area contributed by atoms with Crippen molar-refractivity contribution < 1.29 is 0 Å². The van der Waals surface area contributed by atoms with Crippen LogP contribution in [0.1, 0.15) is 5.56 Å². The quantitative estimate of drug-likeness (QED) is 0.810. The van der Waals surface area contributed by atoms with Crippen molar-refractivity contribution in [1.82, 2.24) is 9.78 Å². The minimum absolute atomic E-state index is 0.918. The number of nitrogens with zero attached hydrogens (tertiary/aromatic N) is 3. The lowest BCUT2D eigenvalue weighted by Gasteiger charge is -2.19. The number of benzene rings is 1. The van der Waals surface area contributed by atoms with Gasteiger partial charge in [0.05, 0.1) is 6.54 Å². The van der Waals surface area contributed by atoms with Crippen LogP contribution in [0.5, 0.6) is 0 Å². The molecule has 0 fully saturated rings. The Kier molecular flexibility index (Phi) is 2.48. The number of rotatable bonds is 3. The molecule has 2 N–H and O–H groups in total. The van der Waals surface area contributed by atoms with Gasteiger partial charge in [-0.25, -0.2) is 0 Å². The smallest absolute Gasteiger partial charge is 0.0584 e. The molecule has 1 aliphatic heterocycles. The third kappa shape index (κ3) is 1.86. The molecule has 0 bridgehead atoms. The van der Waals surface area contributed by atoms with Gasteiger partial charge in [-0.2, -0.15) is 5.10 Å². The summed E-state index contributed by atoms with van der Waals surface area (Å²) < 4.78 is 1.96. The van der Waals surface area contributed by atoms with E-state index >= 15 is 0 Å². The second-order valence-electron chi connectivity index (χ2n) is 4.35. The van der Waals surface area contributed by atoms with Crippen LogP contribution in [-0.2, 0) is 13.0 Å². The van der Waals surface area contributed by atoms with Crippen molar-refractivity contribution >= 4 is 11.4 Å². The molecule has 0 unspecified atom stereocenters. The maximum Gasteiger partial charge on any atom is 0.0584 e. The van der Waals surface area contributed by atoms with Crippen LogP contribution in [0.4, 0.5) is 11.4 Å². The van der Waals surface area contributed by atoms with Crippen molar-refractivity contribution in [1.29, 1.82) is 0 Å². The molecule has 1 aromatic heterocycles. The van der Waals surface area contributed by atoms with Crippen molar-refractivity contribution in [2.24, 2.45) is 0 Å². The predicted octanol–water partition coefficient (Wildman–Crippen LogP) is 1.53. The van der Waals surface area contributed by atoms with Gasteiger partial charge in [-0.05, 0) is 24.6 Å². The van der Waals surface area contributed by atoms with Gasteiger partial charge in [0.15, 0.2) is 0 Å². The SMILES string of the molecule is Nc1cccc2c1CCN2CCn1cccn1. The zero-order valence-corrected chi connectivity index (χ0v) is 9.71. The zero-order chi connectivity index (χ0) is 11.7. The van der Waals surface area contributed by atoms with E-state index in [2.05, 4.69) is 16.1 Å². The van der Waals surface area contributed by atoms with E-state index in [9.17, 15) is 0 Å². The Morgan fingerprint density at radius 3 is 3.00 bits per heavy atom. The summed E-state index contributed by atoms with van der Waals surface area (Å²) >= 11 is 0. The Bertz CT molecular complexity index is 504. The highest BCUT2D eigenvalue weighted by molar-refractivity contribution is 5.68. The second-order valence-corrected chi connectivity index (χ2v) is 4.35. The average molecular weight is 228 g/mol. The Labute approximate surface area is 101 Å². The van der Waals surface area contributed by atoms with Crippen LogP contribution in [0, 0.1) is 0 Å². The molecular weight excluding hydrogens is 212 g/mol. The molecule has 4 nitrogen and oxygen atoms in total. The predicted molar refractivity (Wildman–Crippen MR) is 69.0 cm³/mol. The molecule has 0 atom stereocenters. The average Bonchev–Trinajstić information content (AvgIpc) is 2.95. The summed E-state index contributed by atoms with van der Waals surface area (Å²) in [6, 6.07) is 8.12. The van der Waals surface area contributed by atoms with Gasteiger partial charge in [-0.1, -0.05) is 6.07 Å². The molecule has 0 amide bonds. The Balaban J connectivity index is 1.73. The lowest BCUT2D eigenvalue weighted by atomic mass is 10.1. The van der Waals surface area contributed by atoms with Crippen molar-refractivity contribution in [3.8, 4) is 0 Å². The van der Waals surface area contributed by atoms with E-state index in [1.807, 2.05) is 35.3 Å². The van der Waals surface area contributed by atoms with Crippen LogP contribution in [0.2, 0.25) is 0 Å². The van der Waals surface area contributed by atoms with E-state index in [0.29, 0.717) is 0 Å². The molecule has 0 saturated carbocycles. The first-order valence-corrected chi connectivity index (χ1v) is 5.94. The number of anilines is 2. The van der Waals surface area contributed by atoms with Gasteiger partial charge in [-0.3, -0.25) is 4.68 Å². The Hall–Kier alpha value is -1.97. The van der Waals surface area contributed by atoms with Gasteiger partial charge in [0.25, 0.3) is 0 Å². The van der Waals surface area contributed by atoms with Gasteiger partial charge in [0.2, 0.25) is 0 Å². The number of hydrogen-bond donors (Lipinski definition) is 1. The molecule has 88 valence electrons. The van der Waals surface area contributed by atoms with Crippen molar-refractivity contribution in [3.05, 3.63) is 42.2 Å². The van der Waals surface area contributed by atoms with Crippen molar-refractivity contribution in [2.75, 3.05) is 23.7 Å². The summed E-state index contributed by atoms with van der Waals surface area (Å²) in [7, 11) is 0.